The maximum atomic E-state index is 13.1. The maximum absolute atomic E-state index is 13.1. The van der Waals surface area contributed by atoms with Crippen LogP contribution >= 0.6 is 11.3 Å². The number of hydrogen-bond acceptors (Lipinski definition) is 3. The summed E-state index contributed by atoms with van der Waals surface area (Å²) >= 11 is 1.38. The van der Waals surface area contributed by atoms with Crippen LogP contribution in [0.2, 0.25) is 0 Å². The van der Waals surface area contributed by atoms with Gasteiger partial charge in [-0.05, 0) is 40.6 Å². The minimum absolute atomic E-state index is 0.115. The Labute approximate surface area is 132 Å². The smallest absolute Gasteiger partial charge is 0.387 e. The summed E-state index contributed by atoms with van der Waals surface area (Å²) in [5.41, 5.74) is -1.05. The van der Waals surface area contributed by atoms with Crippen LogP contribution in [-0.4, -0.2) is 17.7 Å². The Bertz CT molecular complexity index is 674. The van der Waals surface area contributed by atoms with E-state index in [-0.39, 0.29) is 12.2 Å². The number of aliphatic hydroxyl groups excluding tert-OH is 1. The van der Waals surface area contributed by atoms with Gasteiger partial charge in [0.25, 0.3) is 0 Å². The van der Waals surface area contributed by atoms with Crippen molar-refractivity contribution in [2.45, 2.75) is 12.3 Å². The molecule has 0 bridgehead atoms. The van der Waals surface area contributed by atoms with Gasteiger partial charge >= 0.3 is 12.2 Å². The molecule has 0 saturated heterocycles. The molecule has 2 amide bonds. The average molecular weight is 348 g/mol. The highest BCUT2D eigenvalue weighted by Gasteiger charge is 2.34. The molecule has 0 aliphatic rings. The third kappa shape index (κ3) is 4.67. The quantitative estimate of drug-likeness (QED) is 0.737. The fourth-order valence-corrected chi connectivity index (χ4v) is 2.47. The number of alkyl halides is 3. The van der Waals surface area contributed by atoms with E-state index in [0.717, 1.165) is 6.07 Å². The largest absolute Gasteiger partial charge is 0.419 e. The van der Waals surface area contributed by atoms with Crippen LogP contribution in [0.5, 0.6) is 0 Å². The Kier molecular flexibility index (Phi) is 5.22. The topological polar surface area (TPSA) is 61.4 Å². The lowest BCUT2D eigenvalue weighted by Gasteiger charge is -2.13. The van der Waals surface area contributed by atoms with Crippen molar-refractivity contribution >= 4 is 23.1 Å². The normalized spacial score (nSPS) is 12.7. The molecule has 0 radical (unpaired) electrons. The van der Waals surface area contributed by atoms with Gasteiger partial charge in [-0.1, -0.05) is 0 Å². The molecule has 1 atom stereocenters. The van der Waals surface area contributed by atoms with E-state index in [1.165, 1.54) is 11.3 Å². The number of anilines is 1. The van der Waals surface area contributed by atoms with Crippen molar-refractivity contribution in [1.82, 2.24) is 5.32 Å². The molecular weight excluding hydrogens is 336 g/mol. The average Bonchev–Trinajstić information content (AvgIpc) is 3.00. The van der Waals surface area contributed by atoms with Crippen molar-refractivity contribution in [1.29, 1.82) is 0 Å². The number of thiophene rings is 1. The van der Waals surface area contributed by atoms with Crippen LogP contribution < -0.4 is 10.6 Å². The SMILES string of the molecule is O=C(NCC(O)c1ccsc1)Nc1ccc(F)c(C(F)(F)F)c1. The van der Waals surface area contributed by atoms with Crippen molar-refractivity contribution in [3.8, 4) is 0 Å². The summed E-state index contributed by atoms with van der Waals surface area (Å²) in [6, 6.07) is 3.02. The molecule has 0 saturated carbocycles. The van der Waals surface area contributed by atoms with Gasteiger partial charge in [-0.15, -0.1) is 0 Å². The molecule has 2 rings (SSSR count). The fourth-order valence-electron chi connectivity index (χ4n) is 1.77. The van der Waals surface area contributed by atoms with Crippen molar-refractivity contribution in [2.24, 2.45) is 0 Å². The van der Waals surface area contributed by atoms with E-state index in [1.807, 2.05) is 0 Å². The highest BCUT2D eigenvalue weighted by Crippen LogP contribution is 2.32. The summed E-state index contributed by atoms with van der Waals surface area (Å²) in [4.78, 5) is 11.6. The van der Waals surface area contributed by atoms with Crippen LogP contribution in [0.15, 0.2) is 35.0 Å². The van der Waals surface area contributed by atoms with Gasteiger partial charge in [0.2, 0.25) is 0 Å². The van der Waals surface area contributed by atoms with Crippen LogP contribution in [0.3, 0.4) is 0 Å². The molecule has 0 spiro atoms. The monoisotopic (exact) mass is 348 g/mol. The van der Waals surface area contributed by atoms with Crippen LogP contribution in [0.4, 0.5) is 28.0 Å². The fraction of sp³-hybridized carbons (Fsp3) is 0.214. The molecule has 1 heterocycles. The van der Waals surface area contributed by atoms with Gasteiger partial charge in [-0.25, -0.2) is 9.18 Å². The highest BCUT2D eigenvalue weighted by molar-refractivity contribution is 7.07. The van der Waals surface area contributed by atoms with E-state index >= 15 is 0 Å². The Balaban J connectivity index is 1.95. The van der Waals surface area contributed by atoms with Gasteiger partial charge < -0.3 is 15.7 Å². The van der Waals surface area contributed by atoms with Crippen LogP contribution in [-0.2, 0) is 6.18 Å². The van der Waals surface area contributed by atoms with Gasteiger partial charge in [-0.3, -0.25) is 0 Å². The Morgan fingerprint density at radius 2 is 2.04 bits per heavy atom. The number of hydrogen-bond donors (Lipinski definition) is 3. The molecule has 2 aromatic rings. The van der Waals surface area contributed by atoms with Crippen LogP contribution in [0.25, 0.3) is 0 Å². The summed E-state index contributed by atoms with van der Waals surface area (Å²) in [7, 11) is 0. The molecule has 1 aromatic heterocycles. The number of aliphatic hydroxyl groups is 1. The zero-order chi connectivity index (χ0) is 17.0. The van der Waals surface area contributed by atoms with Crippen LogP contribution in [0, 0.1) is 5.82 Å². The number of carbonyl (C=O) groups excluding carboxylic acids is 1. The zero-order valence-corrected chi connectivity index (χ0v) is 12.3. The minimum atomic E-state index is -4.85. The van der Waals surface area contributed by atoms with Crippen LogP contribution in [0.1, 0.15) is 17.2 Å². The van der Waals surface area contributed by atoms with Gasteiger partial charge in [0.1, 0.15) is 5.82 Å². The zero-order valence-electron chi connectivity index (χ0n) is 11.5. The number of benzene rings is 1. The van der Waals surface area contributed by atoms with Gasteiger partial charge in [-0.2, -0.15) is 24.5 Å². The molecular formula is C14H12F4N2O2S. The Morgan fingerprint density at radius 3 is 2.65 bits per heavy atom. The predicted octanol–water partition coefficient (Wildman–Crippen LogP) is 3.76. The molecule has 0 fully saturated rings. The van der Waals surface area contributed by atoms with E-state index in [9.17, 15) is 27.5 Å². The molecule has 23 heavy (non-hydrogen) atoms. The lowest BCUT2D eigenvalue weighted by molar-refractivity contribution is -0.139. The second-order valence-corrected chi connectivity index (χ2v) is 5.38. The van der Waals surface area contributed by atoms with Gasteiger partial charge in [0.15, 0.2) is 0 Å². The first-order chi connectivity index (χ1) is 10.8. The molecule has 1 aromatic carbocycles. The van der Waals surface area contributed by atoms with E-state index in [4.69, 9.17) is 0 Å². The summed E-state index contributed by atoms with van der Waals surface area (Å²) in [5, 5.41) is 17.7. The highest BCUT2D eigenvalue weighted by atomic mass is 32.1. The summed E-state index contributed by atoms with van der Waals surface area (Å²) < 4.78 is 50.9. The van der Waals surface area contributed by atoms with E-state index < -0.39 is 29.7 Å². The molecule has 124 valence electrons. The summed E-state index contributed by atoms with van der Waals surface area (Å²) in [6.07, 6.45) is -5.78. The second-order valence-electron chi connectivity index (χ2n) is 4.60. The van der Waals surface area contributed by atoms with E-state index in [1.54, 1.807) is 16.8 Å². The molecule has 9 heteroatoms. The predicted molar refractivity (Wildman–Crippen MR) is 77.7 cm³/mol. The first kappa shape index (κ1) is 17.2. The first-order valence-electron chi connectivity index (χ1n) is 6.39. The van der Waals surface area contributed by atoms with E-state index in [0.29, 0.717) is 17.7 Å². The number of amides is 2. The van der Waals surface area contributed by atoms with E-state index in [2.05, 4.69) is 10.6 Å². The molecule has 3 N–H and O–H groups in total. The lowest BCUT2D eigenvalue weighted by atomic mass is 10.2. The number of rotatable bonds is 4. The molecule has 4 nitrogen and oxygen atoms in total. The third-order valence-corrected chi connectivity index (χ3v) is 3.62. The number of urea groups is 1. The standard InChI is InChI=1S/C14H12F4N2O2S/c15-11-2-1-9(5-10(11)14(16,17)18)20-13(22)19-6-12(21)8-3-4-23-7-8/h1-5,7,12,21H,6H2,(H2,19,20,22). The first-order valence-corrected chi connectivity index (χ1v) is 7.33. The van der Waals surface area contributed by atoms with Crippen molar-refractivity contribution in [3.63, 3.8) is 0 Å². The molecule has 0 aliphatic carbocycles. The third-order valence-electron chi connectivity index (χ3n) is 2.91. The summed E-state index contributed by atoms with van der Waals surface area (Å²) in [5.74, 6) is -1.42. The van der Waals surface area contributed by atoms with Crippen molar-refractivity contribution in [3.05, 3.63) is 52.0 Å². The minimum Gasteiger partial charge on any atom is -0.387 e. The number of halogens is 4. The Hall–Kier alpha value is -2.13. The number of nitrogens with one attached hydrogen (secondary N) is 2. The van der Waals surface area contributed by atoms with Crippen molar-refractivity contribution < 1.29 is 27.5 Å². The summed E-state index contributed by atoms with van der Waals surface area (Å²) in [6.45, 7) is -0.115. The Morgan fingerprint density at radius 1 is 1.30 bits per heavy atom. The maximum Gasteiger partial charge on any atom is 0.419 e. The van der Waals surface area contributed by atoms with Gasteiger partial charge in [0.05, 0.1) is 11.7 Å². The lowest BCUT2D eigenvalue weighted by Crippen LogP contribution is -2.32. The molecule has 0 aliphatic heterocycles. The van der Waals surface area contributed by atoms with Gasteiger partial charge in [0, 0.05) is 12.2 Å². The second kappa shape index (κ2) is 6.97. The number of carbonyl (C=O) groups is 1. The molecule has 1 unspecified atom stereocenters. The van der Waals surface area contributed by atoms with Crippen molar-refractivity contribution in [2.75, 3.05) is 11.9 Å².